The van der Waals surface area contributed by atoms with Gasteiger partial charge in [0.15, 0.2) is 0 Å². The number of aliphatic carboxylic acids is 2. The van der Waals surface area contributed by atoms with E-state index in [1.54, 1.807) is 12.1 Å². The van der Waals surface area contributed by atoms with Gasteiger partial charge in [-0.2, -0.15) is 0 Å². The molecule has 6 heteroatoms. The summed E-state index contributed by atoms with van der Waals surface area (Å²) in [4.78, 5) is 22.4. The standard InChI is InChI=1S/C13H15ClO5/c1-3-8-6-5-7-9(10(8)14)19-13(4-2,11(15)16)12(17)18/h5-7H,3-4H2,1-2H3,(H,15,16)(H,17,18). The number of hydrogen-bond acceptors (Lipinski definition) is 3. The number of aryl methyl sites for hydroxylation is 1. The lowest BCUT2D eigenvalue weighted by atomic mass is 10.0. The molecule has 2 N–H and O–H groups in total. The molecule has 0 aliphatic rings. The Morgan fingerprint density at radius 2 is 1.84 bits per heavy atom. The maximum atomic E-state index is 11.2. The van der Waals surface area contributed by atoms with Crippen LogP contribution in [0.25, 0.3) is 0 Å². The zero-order valence-electron chi connectivity index (χ0n) is 10.6. The molecular formula is C13H15ClO5. The van der Waals surface area contributed by atoms with E-state index in [0.29, 0.717) is 6.42 Å². The fourth-order valence-electron chi connectivity index (χ4n) is 1.65. The van der Waals surface area contributed by atoms with Crippen molar-refractivity contribution in [2.24, 2.45) is 0 Å². The quantitative estimate of drug-likeness (QED) is 0.785. The fourth-order valence-corrected chi connectivity index (χ4v) is 1.95. The number of benzene rings is 1. The van der Waals surface area contributed by atoms with Crippen LogP contribution in [0.15, 0.2) is 18.2 Å². The summed E-state index contributed by atoms with van der Waals surface area (Å²) in [5, 5.41) is 18.5. The predicted molar refractivity (Wildman–Crippen MR) is 69.8 cm³/mol. The highest BCUT2D eigenvalue weighted by Gasteiger charge is 2.48. The van der Waals surface area contributed by atoms with Crippen molar-refractivity contribution in [3.8, 4) is 5.75 Å². The molecule has 0 radical (unpaired) electrons. The van der Waals surface area contributed by atoms with E-state index in [4.69, 9.17) is 26.6 Å². The molecule has 0 atom stereocenters. The number of ether oxygens (including phenoxy) is 1. The zero-order chi connectivity index (χ0) is 14.6. The summed E-state index contributed by atoms with van der Waals surface area (Å²) in [6, 6.07) is 4.87. The minimum Gasteiger partial charge on any atom is -0.478 e. The molecule has 1 aromatic rings. The predicted octanol–water partition coefficient (Wildman–Crippen LogP) is 2.60. The Morgan fingerprint density at radius 3 is 2.26 bits per heavy atom. The van der Waals surface area contributed by atoms with E-state index in [2.05, 4.69) is 0 Å². The third-order valence-electron chi connectivity index (χ3n) is 2.90. The highest BCUT2D eigenvalue weighted by molar-refractivity contribution is 6.32. The van der Waals surface area contributed by atoms with Crippen molar-refractivity contribution >= 4 is 23.5 Å². The van der Waals surface area contributed by atoms with Crippen LogP contribution in [0.3, 0.4) is 0 Å². The van der Waals surface area contributed by atoms with Crippen molar-refractivity contribution in [3.05, 3.63) is 28.8 Å². The lowest BCUT2D eigenvalue weighted by Crippen LogP contribution is -2.51. The summed E-state index contributed by atoms with van der Waals surface area (Å²) < 4.78 is 5.22. The van der Waals surface area contributed by atoms with Gasteiger partial charge in [-0.05, 0) is 18.1 Å². The molecule has 0 spiro atoms. The van der Waals surface area contributed by atoms with Gasteiger partial charge in [-0.25, -0.2) is 9.59 Å². The molecule has 0 saturated heterocycles. The molecule has 19 heavy (non-hydrogen) atoms. The lowest BCUT2D eigenvalue weighted by Gasteiger charge is -2.25. The maximum absolute atomic E-state index is 11.2. The summed E-state index contributed by atoms with van der Waals surface area (Å²) in [6.07, 6.45) is 0.416. The van der Waals surface area contributed by atoms with Gasteiger partial charge >= 0.3 is 11.9 Å². The van der Waals surface area contributed by atoms with Gasteiger partial charge in [0.2, 0.25) is 0 Å². The molecule has 0 saturated carbocycles. The number of carboxylic acids is 2. The third kappa shape index (κ3) is 2.81. The van der Waals surface area contributed by atoms with Crippen LogP contribution >= 0.6 is 11.6 Å². The Balaban J connectivity index is 3.25. The Morgan fingerprint density at radius 1 is 1.26 bits per heavy atom. The van der Waals surface area contributed by atoms with E-state index in [-0.39, 0.29) is 17.2 Å². The van der Waals surface area contributed by atoms with Gasteiger partial charge in [0, 0.05) is 6.42 Å². The van der Waals surface area contributed by atoms with Gasteiger partial charge in [-0.3, -0.25) is 0 Å². The molecule has 104 valence electrons. The largest absolute Gasteiger partial charge is 0.478 e. The van der Waals surface area contributed by atoms with Crippen molar-refractivity contribution in [2.75, 3.05) is 0 Å². The molecule has 1 aromatic carbocycles. The van der Waals surface area contributed by atoms with Crippen LogP contribution in [0.2, 0.25) is 5.02 Å². The van der Waals surface area contributed by atoms with Crippen LogP contribution in [0.1, 0.15) is 25.8 Å². The second-order valence-electron chi connectivity index (χ2n) is 3.98. The number of rotatable bonds is 6. The summed E-state index contributed by atoms with van der Waals surface area (Å²) in [7, 11) is 0. The Hall–Kier alpha value is -1.75. The molecule has 0 aliphatic carbocycles. The maximum Gasteiger partial charge on any atom is 0.360 e. The minimum absolute atomic E-state index is 0.0627. The normalized spacial score (nSPS) is 11.1. The second kappa shape index (κ2) is 5.93. The Bertz CT molecular complexity index is 484. The van der Waals surface area contributed by atoms with Gasteiger partial charge in [-0.1, -0.05) is 37.6 Å². The molecule has 0 fully saturated rings. The van der Waals surface area contributed by atoms with E-state index in [9.17, 15) is 9.59 Å². The summed E-state index contributed by atoms with van der Waals surface area (Å²) >= 11 is 6.07. The van der Waals surface area contributed by atoms with E-state index >= 15 is 0 Å². The van der Waals surface area contributed by atoms with Gasteiger partial charge in [0.05, 0.1) is 5.02 Å². The minimum atomic E-state index is -2.32. The Labute approximate surface area is 115 Å². The number of carboxylic acid groups (broad SMARTS) is 2. The summed E-state index contributed by atoms with van der Waals surface area (Å²) in [5.74, 6) is -3.05. The molecule has 5 nitrogen and oxygen atoms in total. The summed E-state index contributed by atoms with van der Waals surface area (Å²) in [6.45, 7) is 3.31. The lowest BCUT2D eigenvalue weighted by molar-refractivity contribution is -0.172. The number of halogens is 1. The van der Waals surface area contributed by atoms with E-state index in [1.165, 1.54) is 13.0 Å². The van der Waals surface area contributed by atoms with Gasteiger partial charge < -0.3 is 14.9 Å². The van der Waals surface area contributed by atoms with Crippen molar-refractivity contribution < 1.29 is 24.5 Å². The second-order valence-corrected chi connectivity index (χ2v) is 4.35. The molecule has 0 bridgehead atoms. The highest BCUT2D eigenvalue weighted by atomic mass is 35.5. The molecule has 0 amide bonds. The Kier molecular flexibility index (Phi) is 4.78. The first-order valence-corrected chi connectivity index (χ1v) is 6.20. The fraction of sp³-hybridized carbons (Fsp3) is 0.385. The highest BCUT2D eigenvalue weighted by Crippen LogP contribution is 2.32. The van der Waals surface area contributed by atoms with E-state index in [1.807, 2.05) is 6.92 Å². The van der Waals surface area contributed by atoms with Crippen LogP contribution in [-0.4, -0.2) is 27.8 Å². The smallest absolute Gasteiger partial charge is 0.360 e. The van der Waals surface area contributed by atoms with Crippen LogP contribution < -0.4 is 4.74 Å². The molecular weight excluding hydrogens is 272 g/mol. The first-order valence-electron chi connectivity index (χ1n) is 5.82. The first kappa shape index (κ1) is 15.3. The van der Waals surface area contributed by atoms with E-state index < -0.39 is 17.5 Å². The topological polar surface area (TPSA) is 83.8 Å². The van der Waals surface area contributed by atoms with Gasteiger partial charge in [0.1, 0.15) is 5.75 Å². The van der Waals surface area contributed by atoms with Crippen molar-refractivity contribution in [1.29, 1.82) is 0 Å². The SMILES string of the molecule is CCc1cccc(OC(CC)(C(=O)O)C(=O)O)c1Cl. The zero-order valence-corrected chi connectivity index (χ0v) is 11.4. The number of hydrogen-bond donors (Lipinski definition) is 2. The van der Waals surface area contributed by atoms with Crippen LogP contribution in [0, 0.1) is 0 Å². The average molecular weight is 287 g/mol. The number of carbonyl (C=O) groups is 2. The third-order valence-corrected chi connectivity index (χ3v) is 3.33. The van der Waals surface area contributed by atoms with Crippen molar-refractivity contribution in [2.45, 2.75) is 32.3 Å². The average Bonchev–Trinajstić information content (AvgIpc) is 2.37. The molecule has 0 heterocycles. The first-order chi connectivity index (χ1) is 8.89. The molecule has 0 aromatic heterocycles. The van der Waals surface area contributed by atoms with Crippen LogP contribution in [-0.2, 0) is 16.0 Å². The summed E-state index contributed by atoms with van der Waals surface area (Å²) in [5.41, 5.74) is -1.56. The monoisotopic (exact) mass is 286 g/mol. The van der Waals surface area contributed by atoms with Crippen molar-refractivity contribution in [1.82, 2.24) is 0 Å². The van der Waals surface area contributed by atoms with Crippen molar-refractivity contribution in [3.63, 3.8) is 0 Å². The molecule has 1 rings (SSSR count). The molecule has 0 unspecified atom stereocenters. The van der Waals surface area contributed by atoms with E-state index in [0.717, 1.165) is 5.56 Å². The van der Waals surface area contributed by atoms with Crippen LogP contribution in [0.5, 0.6) is 5.75 Å². The van der Waals surface area contributed by atoms with Gasteiger partial charge in [0.25, 0.3) is 5.60 Å². The van der Waals surface area contributed by atoms with Gasteiger partial charge in [-0.15, -0.1) is 0 Å². The molecule has 0 aliphatic heterocycles. The van der Waals surface area contributed by atoms with Crippen LogP contribution in [0.4, 0.5) is 0 Å².